The molecular weight excluding hydrogens is 314 g/mol. The summed E-state index contributed by atoms with van der Waals surface area (Å²) in [7, 11) is 1.81. The molecule has 0 unspecified atom stereocenters. The fraction of sp³-hybridized carbons (Fsp3) is 0.300. The van der Waals surface area contributed by atoms with Gasteiger partial charge in [-0.1, -0.05) is 31.2 Å². The molecule has 0 bridgehead atoms. The summed E-state index contributed by atoms with van der Waals surface area (Å²) in [6, 6.07) is 11.8. The number of fused-ring (bicyclic) bond motifs is 1. The Bertz CT molecular complexity index is 965. The number of aromatic nitrogens is 2. The lowest BCUT2D eigenvalue weighted by Crippen LogP contribution is -2.24. The molecular formula is C20H23N3O2. The third-order valence-electron chi connectivity index (χ3n) is 4.64. The summed E-state index contributed by atoms with van der Waals surface area (Å²) >= 11 is 0. The average molecular weight is 337 g/mol. The number of benzene rings is 1. The molecule has 1 N–H and O–H groups in total. The van der Waals surface area contributed by atoms with Crippen LogP contribution in [0, 0.1) is 0 Å². The van der Waals surface area contributed by atoms with Gasteiger partial charge < -0.3 is 14.5 Å². The van der Waals surface area contributed by atoms with Crippen LogP contribution in [0.4, 0.5) is 0 Å². The van der Waals surface area contributed by atoms with Gasteiger partial charge in [-0.15, -0.1) is 0 Å². The van der Waals surface area contributed by atoms with Crippen molar-refractivity contribution < 1.29 is 4.79 Å². The number of nitrogens with zero attached hydrogens (tertiary/aromatic N) is 2. The molecule has 2 heterocycles. The van der Waals surface area contributed by atoms with Crippen molar-refractivity contribution in [2.75, 3.05) is 0 Å². The van der Waals surface area contributed by atoms with Crippen molar-refractivity contribution >= 4 is 16.8 Å². The number of hydrogen-bond donors (Lipinski definition) is 1. The van der Waals surface area contributed by atoms with Crippen molar-refractivity contribution in [1.29, 1.82) is 0 Å². The molecule has 0 fully saturated rings. The van der Waals surface area contributed by atoms with Crippen molar-refractivity contribution in [3.05, 3.63) is 69.8 Å². The summed E-state index contributed by atoms with van der Waals surface area (Å²) < 4.78 is 3.41. The molecule has 0 saturated carbocycles. The fourth-order valence-electron chi connectivity index (χ4n) is 3.01. The summed E-state index contributed by atoms with van der Waals surface area (Å²) in [5, 5.41) is 3.51. The first-order chi connectivity index (χ1) is 12.0. The molecule has 25 heavy (non-hydrogen) atoms. The highest BCUT2D eigenvalue weighted by Gasteiger charge is 2.15. The van der Waals surface area contributed by atoms with Gasteiger partial charge in [0.05, 0.1) is 10.9 Å². The zero-order valence-corrected chi connectivity index (χ0v) is 14.9. The van der Waals surface area contributed by atoms with Gasteiger partial charge in [0, 0.05) is 26.3 Å². The number of aryl methyl sites for hydroxylation is 3. The van der Waals surface area contributed by atoms with Crippen molar-refractivity contribution in [1.82, 2.24) is 14.5 Å². The zero-order valence-electron chi connectivity index (χ0n) is 14.9. The molecule has 2 aromatic heterocycles. The Morgan fingerprint density at radius 2 is 1.76 bits per heavy atom. The Labute approximate surface area is 146 Å². The van der Waals surface area contributed by atoms with Crippen molar-refractivity contribution in [3.63, 3.8) is 0 Å². The lowest BCUT2D eigenvalue weighted by Gasteiger charge is -2.07. The Balaban J connectivity index is 1.83. The molecule has 5 heteroatoms. The molecule has 3 aromatic rings. The minimum atomic E-state index is -0.180. The van der Waals surface area contributed by atoms with Crippen LogP contribution in [0.1, 0.15) is 35.5 Å². The van der Waals surface area contributed by atoms with E-state index in [-0.39, 0.29) is 11.5 Å². The van der Waals surface area contributed by atoms with Crippen LogP contribution in [0.25, 0.3) is 10.9 Å². The van der Waals surface area contributed by atoms with Crippen LogP contribution in [0.2, 0.25) is 0 Å². The highest BCUT2D eigenvalue weighted by atomic mass is 16.2. The van der Waals surface area contributed by atoms with Gasteiger partial charge in [-0.25, -0.2) is 0 Å². The number of carbonyl (C=O) groups excluding carboxylic acids is 1. The van der Waals surface area contributed by atoms with Gasteiger partial charge in [0.15, 0.2) is 0 Å². The minimum absolute atomic E-state index is 0.0650. The van der Waals surface area contributed by atoms with Gasteiger partial charge in [-0.3, -0.25) is 9.59 Å². The maximum absolute atomic E-state index is 12.6. The van der Waals surface area contributed by atoms with Gasteiger partial charge in [-0.2, -0.15) is 0 Å². The Morgan fingerprint density at radius 1 is 1.08 bits per heavy atom. The highest BCUT2D eigenvalue weighted by Crippen LogP contribution is 2.15. The Kier molecular flexibility index (Phi) is 4.74. The molecule has 0 aliphatic rings. The molecule has 1 amide bonds. The van der Waals surface area contributed by atoms with E-state index in [1.165, 1.54) is 5.56 Å². The van der Waals surface area contributed by atoms with Crippen LogP contribution in [0.5, 0.6) is 0 Å². The third kappa shape index (κ3) is 3.22. The first-order valence-electron chi connectivity index (χ1n) is 8.60. The molecule has 5 nitrogen and oxygen atoms in total. The van der Waals surface area contributed by atoms with Gasteiger partial charge >= 0.3 is 0 Å². The monoisotopic (exact) mass is 337 g/mol. The molecule has 1 aromatic carbocycles. The highest BCUT2D eigenvalue weighted by molar-refractivity contribution is 5.98. The molecule has 0 saturated heterocycles. The van der Waals surface area contributed by atoms with Crippen molar-refractivity contribution in [3.8, 4) is 0 Å². The summed E-state index contributed by atoms with van der Waals surface area (Å²) in [6.45, 7) is 5.11. The molecule has 0 radical (unpaired) electrons. The predicted octanol–water partition coefficient (Wildman–Crippen LogP) is 2.85. The van der Waals surface area contributed by atoms with Gasteiger partial charge in [-0.05, 0) is 36.6 Å². The van der Waals surface area contributed by atoms with E-state index in [4.69, 9.17) is 0 Å². The number of hydrogen-bond acceptors (Lipinski definition) is 2. The van der Waals surface area contributed by atoms with Gasteiger partial charge in [0.2, 0.25) is 0 Å². The molecule has 0 atom stereocenters. The Hall–Kier alpha value is -2.82. The zero-order chi connectivity index (χ0) is 18.0. The van der Waals surface area contributed by atoms with Crippen LogP contribution in [-0.4, -0.2) is 15.0 Å². The first-order valence-corrected chi connectivity index (χ1v) is 8.60. The van der Waals surface area contributed by atoms with E-state index in [1.807, 2.05) is 32.2 Å². The lowest BCUT2D eigenvalue weighted by molar-refractivity contribution is 0.0943. The molecule has 0 spiro atoms. The van der Waals surface area contributed by atoms with E-state index in [0.717, 1.165) is 17.5 Å². The van der Waals surface area contributed by atoms with Crippen LogP contribution < -0.4 is 10.9 Å². The van der Waals surface area contributed by atoms with Crippen LogP contribution in [0.15, 0.2) is 47.4 Å². The largest absolute Gasteiger partial charge is 0.347 e. The maximum Gasteiger partial charge on any atom is 0.268 e. The van der Waals surface area contributed by atoms with Crippen LogP contribution in [-0.2, 0) is 26.6 Å². The summed E-state index contributed by atoms with van der Waals surface area (Å²) in [5.74, 6) is -0.180. The number of pyridine rings is 1. The summed E-state index contributed by atoms with van der Waals surface area (Å²) in [5.41, 5.74) is 3.52. The topological polar surface area (TPSA) is 56.0 Å². The second-order valence-electron chi connectivity index (χ2n) is 6.15. The second-order valence-corrected chi connectivity index (χ2v) is 6.15. The van der Waals surface area contributed by atoms with Gasteiger partial charge in [0.25, 0.3) is 11.5 Å². The normalized spacial score (nSPS) is 11.0. The summed E-state index contributed by atoms with van der Waals surface area (Å²) in [6.07, 6.45) is 2.76. The number of nitrogens with one attached hydrogen (secondary N) is 1. The second kappa shape index (κ2) is 6.97. The van der Waals surface area contributed by atoms with E-state index in [1.54, 1.807) is 21.4 Å². The standard InChI is InChI=1S/C20H23N3O2/c1-4-14-6-8-15(9-7-14)13-21-19(24)18-12-16-17(22(18)3)10-11-23(5-2)20(16)25/h6-12H,4-5,13H2,1-3H3,(H,21,24). The molecule has 3 rings (SSSR count). The molecule has 130 valence electrons. The van der Waals surface area contributed by atoms with Gasteiger partial charge in [0.1, 0.15) is 5.69 Å². The Morgan fingerprint density at radius 3 is 2.40 bits per heavy atom. The predicted molar refractivity (Wildman–Crippen MR) is 99.8 cm³/mol. The number of carbonyl (C=O) groups is 1. The van der Waals surface area contributed by atoms with Crippen LogP contribution in [0.3, 0.4) is 0 Å². The maximum atomic E-state index is 12.6. The van der Waals surface area contributed by atoms with E-state index in [2.05, 4.69) is 24.4 Å². The summed E-state index contributed by atoms with van der Waals surface area (Å²) in [4.78, 5) is 25.0. The SMILES string of the molecule is CCc1ccc(CNC(=O)c2cc3c(=O)n(CC)ccc3n2C)cc1. The lowest BCUT2D eigenvalue weighted by atomic mass is 10.1. The third-order valence-corrected chi connectivity index (χ3v) is 4.64. The number of amides is 1. The average Bonchev–Trinajstić information content (AvgIpc) is 2.98. The van der Waals surface area contributed by atoms with E-state index in [9.17, 15) is 9.59 Å². The van der Waals surface area contributed by atoms with E-state index < -0.39 is 0 Å². The number of rotatable bonds is 5. The fourth-order valence-corrected chi connectivity index (χ4v) is 3.01. The molecule has 0 aliphatic carbocycles. The van der Waals surface area contributed by atoms with Crippen molar-refractivity contribution in [2.45, 2.75) is 33.4 Å². The quantitative estimate of drug-likeness (QED) is 0.778. The van der Waals surface area contributed by atoms with E-state index in [0.29, 0.717) is 24.2 Å². The minimum Gasteiger partial charge on any atom is -0.347 e. The van der Waals surface area contributed by atoms with E-state index >= 15 is 0 Å². The smallest absolute Gasteiger partial charge is 0.268 e. The van der Waals surface area contributed by atoms with Crippen LogP contribution >= 0.6 is 0 Å². The van der Waals surface area contributed by atoms with Crippen molar-refractivity contribution in [2.24, 2.45) is 7.05 Å². The first kappa shape index (κ1) is 17.0. The molecule has 0 aliphatic heterocycles.